The second-order valence-electron chi connectivity index (χ2n) is 4.43. The number of hydrogen-bond donors (Lipinski definition) is 1. The number of halogens is 1. The zero-order chi connectivity index (χ0) is 12.0. The first-order chi connectivity index (χ1) is 8.16. The molecular weight excluding hydrogens is 298 g/mol. The summed E-state index contributed by atoms with van der Waals surface area (Å²) in [5.41, 5.74) is 2.31. The van der Waals surface area contributed by atoms with Crippen LogP contribution in [-0.2, 0) is 0 Å². The van der Waals surface area contributed by atoms with Crippen LogP contribution in [0.25, 0.3) is 5.69 Å². The molecule has 0 bridgehead atoms. The van der Waals surface area contributed by atoms with Crippen molar-refractivity contribution in [3.05, 3.63) is 38.8 Å². The number of aromatic amines is 1. The molecule has 1 heterocycles. The van der Waals surface area contributed by atoms with Crippen LogP contribution in [0.3, 0.4) is 0 Å². The minimum atomic E-state index is 0.571. The van der Waals surface area contributed by atoms with E-state index in [1.807, 2.05) is 6.07 Å². The molecule has 2 aromatic rings. The van der Waals surface area contributed by atoms with Crippen molar-refractivity contribution in [2.45, 2.75) is 25.7 Å². The van der Waals surface area contributed by atoms with E-state index < -0.39 is 0 Å². The van der Waals surface area contributed by atoms with E-state index in [4.69, 9.17) is 12.2 Å². The second-order valence-corrected chi connectivity index (χ2v) is 5.73. The van der Waals surface area contributed by atoms with Gasteiger partial charge in [0.2, 0.25) is 0 Å². The van der Waals surface area contributed by atoms with E-state index in [1.54, 1.807) is 0 Å². The van der Waals surface area contributed by atoms with Crippen molar-refractivity contribution in [3.63, 3.8) is 0 Å². The fraction of sp³-hybridized carbons (Fsp3) is 0.333. The van der Waals surface area contributed by atoms with E-state index in [2.05, 4.69) is 49.8 Å². The Morgan fingerprint density at radius 2 is 2.24 bits per heavy atom. The minimum absolute atomic E-state index is 0.571. The maximum atomic E-state index is 5.33. The molecule has 1 aromatic heterocycles. The smallest absolute Gasteiger partial charge is 0.199 e. The van der Waals surface area contributed by atoms with Gasteiger partial charge in [-0.2, -0.15) is 5.10 Å². The summed E-state index contributed by atoms with van der Waals surface area (Å²) < 4.78 is 3.80. The summed E-state index contributed by atoms with van der Waals surface area (Å²) in [5.74, 6) is 1.64. The first-order valence-corrected chi connectivity index (χ1v) is 6.81. The zero-order valence-corrected chi connectivity index (χ0v) is 11.8. The second kappa shape index (κ2) is 4.07. The van der Waals surface area contributed by atoms with Gasteiger partial charge < -0.3 is 0 Å². The van der Waals surface area contributed by atoms with Gasteiger partial charge in [-0.25, -0.2) is 0 Å². The van der Waals surface area contributed by atoms with E-state index in [0.29, 0.717) is 10.7 Å². The summed E-state index contributed by atoms with van der Waals surface area (Å²) in [6, 6.07) is 6.22. The molecule has 1 saturated carbocycles. The van der Waals surface area contributed by atoms with Crippen molar-refractivity contribution in [1.82, 2.24) is 14.8 Å². The topological polar surface area (TPSA) is 33.6 Å². The number of benzene rings is 1. The highest BCUT2D eigenvalue weighted by atomic mass is 79.9. The van der Waals surface area contributed by atoms with Gasteiger partial charge in [0, 0.05) is 10.4 Å². The molecule has 5 heteroatoms. The van der Waals surface area contributed by atoms with Crippen LogP contribution in [-0.4, -0.2) is 14.8 Å². The van der Waals surface area contributed by atoms with Gasteiger partial charge in [0.05, 0.1) is 5.69 Å². The van der Waals surface area contributed by atoms with Gasteiger partial charge >= 0.3 is 0 Å². The summed E-state index contributed by atoms with van der Waals surface area (Å²) in [6.45, 7) is 2.09. The molecule has 88 valence electrons. The number of aromatic nitrogens is 3. The van der Waals surface area contributed by atoms with Crippen molar-refractivity contribution >= 4 is 28.1 Å². The third kappa shape index (κ3) is 1.98. The molecule has 0 aliphatic heterocycles. The predicted molar refractivity (Wildman–Crippen MR) is 73.2 cm³/mol. The SMILES string of the molecule is Cc1ccc(Br)cc1-n1c(C2CC2)n[nH]c1=S. The number of nitrogens with zero attached hydrogens (tertiary/aromatic N) is 2. The number of nitrogens with one attached hydrogen (secondary N) is 1. The maximum absolute atomic E-state index is 5.33. The average molecular weight is 310 g/mol. The van der Waals surface area contributed by atoms with E-state index in [1.165, 1.54) is 18.4 Å². The third-order valence-electron chi connectivity index (χ3n) is 3.05. The van der Waals surface area contributed by atoms with Crippen LogP contribution < -0.4 is 0 Å². The van der Waals surface area contributed by atoms with Crippen molar-refractivity contribution < 1.29 is 0 Å². The van der Waals surface area contributed by atoms with Gasteiger partial charge in [-0.1, -0.05) is 22.0 Å². The molecular formula is C12H12BrN3S. The van der Waals surface area contributed by atoms with E-state index in [-0.39, 0.29) is 0 Å². The third-order valence-corrected chi connectivity index (χ3v) is 3.82. The van der Waals surface area contributed by atoms with Crippen LogP contribution in [0.15, 0.2) is 22.7 Å². The van der Waals surface area contributed by atoms with Crippen LogP contribution in [0, 0.1) is 11.7 Å². The largest absolute Gasteiger partial charge is 0.272 e. The lowest BCUT2D eigenvalue weighted by atomic mass is 10.2. The summed E-state index contributed by atoms with van der Waals surface area (Å²) >= 11 is 8.84. The standard InChI is InChI=1S/C12H12BrN3S/c1-7-2-5-9(13)6-10(7)16-11(8-3-4-8)14-15-12(16)17/h2,5-6,8H,3-4H2,1H3,(H,15,17). The Labute approximate surface area is 113 Å². The molecule has 0 saturated heterocycles. The van der Waals surface area contributed by atoms with Gasteiger partial charge in [0.25, 0.3) is 0 Å². The summed E-state index contributed by atoms with van der Waals surface area (Å²) in [7, 11) is 0. The molecule has 1 aromatic carbocycles. The molecule has 1 aliphatic rings. The molecule has 3 nitrogen and oxygen atoms in total. The number of H-pyrrole nitrogens is 1. The Morgan fingerprint density at radius 1 is 1.47 bits per heavy atom. The molecule has 1 N–H and O–H groups in total. The van der Waals surface area contributed by atoms with Crippen LogP contribution in [0.5, 0.6) is 0 Å². The van der Waals surface area contributed by atoms with Crippen molar-refractivity contribution in [2.24, 2.45) is 0 Å². The van der Waals surface area contributed by atoms with Gasteiger partial charge in [0.15, 0.2) is 4.77 Å². The normalized spacial score (nSPS) is 15.2. The average Bonchev–Trinajstić information content (AvgIpc) is 3.07. The molecule has 17 heavy (non-hydrogen) atoms. The molecule has 3 rings (SSSR count). The van der Waals surface area contributed by atoms with Crippen LogP contribution in [0.2, 0.25) is 0 Å². The van der Waals surface area contributed by atoms with E-state index >= 15 is 0 Å². The van der Waals surface area contributed by atoms with Crippen molar-refractivity contribution in [2.75, 3.05) is 0 Å². The highest BCUT2D eigenvalue weighted by molar-refractivity contribution is 9.10. The van der Waals surface area contributed by atoms with Gasteiger partial charge in [0.1, 0.15) is 5.82 Å². The summed E-state index contributed by atoms with van der Waals surface area (Å²) in [4.78, 5) is 0. The fourth-order valence-corrected chi connectivity index (χ4v) is 2.57. The van der Waals surface area contributed by atoms with Crippen molar-refractivity contribution in [1.29, 1.82) is 0 Å². The molecule has 0 spiro atoms. The first kappa shape index (κ1) is 11.2. The first-order valence-electron chi connectivity index (χ1n) is 5.60. The molecule has 0 unspecified atom stereocenters. The molecule has 0 amide bonds. The molecule has 0 radical (unpaired) electrons. The molecule has 0 atom stereocenters. The lowest BCUT2D eigenvalue weighted by molar-refractivity contribution is 0.864. The number of hydrogen-bond acceptors (Lipinski definition) is 2. The quantitative estimate of drug-likeness (QED) is 0.854. The number of aryl methyl sites for hydroxylation is 1. The fourth-order valence-electron chi connectivity index (χ4n) is 1.98. The summed E-state index contributed by atoms with van der Waals surface area (Å²) in [6.07, 6.45) is 2.43. The maximum Gasteiger partial charge on any atom is 0.199 e. The zero-order valence-electron chi connectivity index (χ0n) is 9.40. The van der Waals surface area contributed by atoms with Crippen LogP contribution in [0.1, 0.15) is 30.1 Å². The van der Waals surface area contributed by atoms with E-state index in [0.717, 1.165) is 16.0 Å². The van der Waals surface area contributed by atoms with E-state index in [9.17, 15) is 0 Å². The Balaban J connectivity index is 2.23. The lowest BCUT2D eigenvalue weighted by Crippen LogP contribution is -2.02. The Bertz CT molecular complexity index is 625. The van der Waals surface area contributed by atoms with Gasteiger partial charge in [-0.3, -0.25) is 9.67 Å². The highest BCUT2D eigenvalue weighted by Gasteiger charge is 2.29. The highest BCUT2D eigenvalue weighted by Crippen LogP contribution is 2.40. The monoisotopic (exact) mass is 309 g/mol. The number of rotatable bonds is 2. The van der Waals surface area contributed by atoms with Gasteiger partial charge in [-0.05, 0) is 49.7 Å². The molecule has 1 fully saturated rings. The Hall–Kier alpha value is -0.940. The Morgan fingerprint density at radius 3 is 2.94 bits per heavy atom. The van der Waals surface area contributed by atoms with Gasteiger partial charge in [-0.15, -0.1) is 0 Å². The van der Waals surface area contributed by atoms with Crippen LogP contribution >= 0.6 is 28.1 Å². The van der Waals surface area contributed by atoms with Crippen molar-refractivity contribution in [3.8, 4) is 5.69 Å². The lowest BCUT2D eigenvalue weighted by Gasteiger charge is -2.09. The minimum Gasteiger partial charge on any atom is -0.272 e. The summed E-state index contributed by atoms with van der Waals surface area (Å²) in [5, 5.41) is 7.26. The predicted octanol–water partition coefficient (Wildman–Crippen LogP) is 3.88. The molecule has 1 aliphatic carbocycles. The van der Waals surface area contributed by atoms with Crippen LogP contribution in [0.4, 0.5) is 0 Å². The Kier molecular flexibility index (Phi) is 2.67.